The molecule has 4 nitrogen and oxygen atoms in total. The lowest BCUT2D eigenvalue weighted by Gasteiger charge is -2.17. The maximum Gasteiger partial charge on any atom is 0.319 e. The average Bonchev–Trinajstić information content (AvgIpc) is 2.40. The van der Waals surface area contributed by atoms with Gasteiger partial charge in [0.1, 0.15) is 0 Å². The van der Waals surface area contributed by atoms with Crippen LogP contribution in [0.4, 0.5) is 0 Å². The molecule has 1 aromatic carbocycles. The molecule has 1 aromatic rings. The van der Waals surface area contributed by atoms with Crippen LogP contribution in [-0.4, -0.2) is 19.6 Å². The molecular formula is C14H16N2O2. The van der Waals surface area contributed by atoms with Crippen molar-refractivity contribution in [1.29, 1.82) is 5.26 Å². The lowest BCUT2D eigenvalue weighted by atomic mass is 9.99. The molecule has 0 heterocycles. The van der Waals surface area contributed by atoms with Crippen LogP contribution in [0.1, 0.15) is 17.2 Å². The van der Waals surface area contributed by atoms with Crippen molar-refractivity contribution in [1.82, 2.24) is 5.32 Å². The van der Waals surface area contributed by atoms with Crippen molar-refractivity contribution in [2.75, 3.05) is 13.7 Å². The number of benzene rings is 1. The summed E-state index contributed by atoms with van der Waals surface area (Å²) >= 11 is 0. The standard InChI is InChI=1S/C14H16N2O2/c1-10-4-6-12(7-5-10)14(11(2)8-15)16-9-13(17)18-3/h4-7,14,16H,2,9H2,1,3H3. The van der Waals surface area contributed by atoms with Gasteiger partial charge in [-0.25, -0.2) is 0 Å². The summed E-state index contributed by atoms with van der Waals surface area (Å²) in [5, 5.41) is 11.9. The Morgan fingerprint density at radius 3 is 2.61 bits per heavy atom. The summed E-state index contributed by atoms with van der Waals surface area (Å²) in [6.07, 6.45) is 0. The van der Waals surface area contributed by atoms with Gasteiger partial charge in [-0.1, -0.05) is 36.4 Å². The maximum atomic E-state index is 11.1. The summed E-state index contributed by atoms with van der Waals surface area (Å²) in [6, 6.07) is 9.37. The van der Waals surface area contributed by atoms with Crippen molar-refractivity contribution in [2.45, 2.75) is 13.0 Å². The zero-order valence-electron chi connectivity index (χ0n) is 10.6. The number of nitriles is 1. The van der Waals surface area contributed by atoms with Gasteiger partial charge in [0.2, 0.25) is 0 Å². The number of methoxy groups -OCH3 is 1. The van der Waals surface area contributed by atoms with Gasteiger partial charge in [0.15, 0.2) is 0 Å². The second-order valence-electron chi connectivity index (χ2n) is 3.94. The van der Waals surface area contributed by atoms with Crippen LogP contribution in [0.3, 0.4) is 0 Å². The van der Waals surface area contributed by atoms with E-state index in [-0.39, 0.29) is 18.6 Å². The normalized spacial score (nSPS) is 11.4. The molecular weight excluding hydrogens is 228 g/mol. The number of aryl methyl sites for hydroxylation is 1. The van der Waals surface area contributed by atoms with Crippen LogP contribution in [-0.2, 0) is 9.53 Å². The Hall–Kier alpha value is -2.12. The third-order valence-electron chi connectivity index (χ3n) is 2.58. The van der Waals surface area contributed by atoms with Gasteiger partial charge in [0, 0.05) is 5.57 Å². The van der Waals surface area contributed by atoms with Crippen LogP contribution in [0, 0.1) is 18.3 Å². The van der Waals surface area contributed by atoms with E-state index in [1.807, 2.05) is 37.3 Å². The quantitative estimate of drug-likeness (QED) is 0.634. The monoisotopic (exact) mass is 244 g/mol. The van der Waals surface area contributed by atoms with Crippen LogP contribution >= 0.6 is 0 Å². The topological polar surface area (TPSA) is 62.1 Å². The molecule has 18 heavy (non-hydrogen) atoms. The predicted molar refractivity (Wildman–Crippen MR) is 68.7 cm³/mol. The van der Waals surface area contributed by atoms with E-state index in [0.717, 1.165) is 11.1 Å². The first-order chi connectivity index (χ1) is 8.58. The minimum atomic E-state index is -0.377. The van der Waals surface area contributed by atoms with E-state index in [1.54, 1.807) is 0 Å². The Kier molecular flexibility index (Phi) is 5.09. The molecule has 0 radical (unpaired) electrons. The van der Waals surface area contributed by atoms with Crippen LogP contribution in [0.2, 0.25) is 0 Å². The van der Waals surface area contributed by atoms with Crippen LogP contribution < -0.4 is 5.32 Å². The molecule has 0 saturated carbocycles. The molecule has 0 aliphatic rings. The number of carbonyl (C=O) groups is 1. The minimum absolute atomic E-state index is 0.0374. The fourth-order valence-electron chi connectivity index (χ4n) is 1.52. The molecule has 0 aliphatic carbocycles. The summed E-state index contributed by atoms with van der Waals surface area (Å²) in [7, 11) is 1.32. The van der Waals surface area contributed by atoms with Gasteiger partial charge in [-0.05, 0) is 12.5 Å². The molecule has 1 atom stereocenters. The highest BCUT2D eigenvalue weighted by Gasteiger charge is 2.15. The lowest BCUT2D eigenvalue weighted by Crippen LogP contribution is -2.29. The zero-order chi connectivity index (χ0) is 13.5. The molecule has 1 N–H and O–H groups in total. The Morgan fingerprint density at radius 1 is 1.50 bits per heavy atom. The van der Waals surface area contributed by atoms with Gasteiger partial charge in [-0.2, -0.15) is 5.26 Å². The van der Waals surface area contributed by atoms with E-state index in [4.69, 9.17) is 5.26 Å². The first kappa shape index (κ1) is 13.9. The van der Waals surface area contributed by atoms with E-state index in [2.05, 4.69) is 16.6 Å². The van der Waals surface area contributed by atoms with Gasteiger partial charge in [0.05, 0.1) is 25.8 Å². The van der Waals surface area contributed by atoms with Crippen LogP contribution in [0.25, 0.3) is 0 Å². The summed E-state index contributed by atoms with van der Waals surface area (Å²) in [6.45, 7) is 5.72. The highest BCUT2D eigenvalue weighted by Crippen LogP contribution is 2.20. The molecule has 1 unspecified atom stereocenters. The highest BCUT2D eigenvalue weighted by atomic mass is 16.5. The summed E-state index contributed by atoms with van der Waals surface area (Å²) in [5.41, 5.74) is 2.40. The van der Waals surface area contributed by atoms with Gasteiger partial charge >= 0.3 is 5.97 Å². The second kappa shape index (κ2) is 6.58. The Morgan fingerprint density at radius 2 is 2.11 bits per heavy atom. The van der Waals surface area contributed by atoms with E-state index in [9.17, 15) is 4.79 Å². The highest BCUT2D eigenvalue weighted by molar-refractivity contribution is 5.71. The lowest BCUT2D eigenvalue weighted by molar-refractivity contribution is -0.139. The maximum absolute atomic E-state index is 11.1. The molecule has 1 rings (SSSR count). The molecule has 0 fully saturated rings. The van der Waals surface area contributed by atoms with Crippen LogP contribution in [0.5, 0.6) is 0 Å². The van der Waals surface area contributed by atoms with Crippen LogP contribution in [0.15, 0.2) is 36.4 Å². The first-order valence-electron chi connectivity index (χ1n) is 5.54. The van der Waals surface area contributed by atoms with E-state index in [0.29, 0.717) is 5.57 Å². The molecule has 94 valence electrons. The fraction of sp³-hybridized carbons (Fsp3) is 0.286. The Balaban J connectivity index is 2.85. The minimum Gasteiger partial charge on any atom is -0.468 e. The number of hydrogen-bond acceptors (Lipinski definition) is 4. The molecule has 0 spiro atoms. The van der Waals surface area contributed by atoms with Gasteiger partial charge in [0.25, 0.3) is 0 Å². The van der Waals surface area contributed by atoms with Crippen molar-refractivity contribution in [2.24, 2.45) is 0 Å². The van der Waals surface area contributed by atoms with Crippen molar-refractivity contribution < 1.29 is 9.53 Å². The Bertz CT molecular complexity index is 472. The number of esters is 1. The summed E-state index contributed by atoms with van der Waals surface area (Å²) in [4.78, 5) is 11.1. The van der Waals surface area contributed by atoms with Crippen molar-refractivity contribution in [3.8, 4) is 6.07 Å². The SMILES string of the molecule is C=C(C#N)C(NCC(=O)OC)c1ccc(C)cc1. The zero-order valence-corrected chi connectivity index (χ0v) is 10.6. The molecule has 4 heteroatoms. The number of ether oxygens (including phenoxy) is 1. The van der Waals surface area contributed by atoms with Crippen molar-refractivity contribution in [3.63, 3.8) is 0 Å². The number of hydrogen-bond donors (Lipinski definition) is 1. The summed E-state index contributed by atoms with van der Waals surface area (Å²) < 4.78 is 4.55. The van der Waals surface area contributed by atoms with Gasteiger partial charge < -0.3 is 4.74 Å². The predicted octanol–water partition coefficient (Wildman–Crippen LogP) is 1.88. The van der Waals surface area contributed by atoms with E-state index < -0.39 is 0 Å². The smallest absolute Gasteiger partial charge is 0.319 e. The largest absolute Gasteiger partial charge is 0.468 e. The second-order valence-corrected chi connectivity index (χ2v) is 3.94. The number of carbonyl (C=O) groups excluding carboxylic acids is 1. The van der Waals surface area contributed by atoms with Crippen molar-refractivity contribution in [3.05, 3.63) is 47.5 Å². The third-order valence-corrected chi connectivity index (χ3v) is 2.58. The molecule has 0 amide bonds. The van der Waals surface area contributed by atoms with Gasteiger partial charge in [-0.3, -0.25) is 10.1 Å². The third kappa shape index (κ3) is 3.72. The molecule has 0 aromatic heterocycles. The van der Waals surface area contributed by atoms with E-state index in [1.165, 1.54) is 7.11 Å². The number of nitrogens with one attached hydrogen (secondary N) is 1. The Labute approximate surface area is 107 Å². The summed E-state index contributed by atoms with van der Waals surface area (Å²) in [5.74, 6) is -0.377. The van der Waals surface area contributed by atoms with E-state index >= 15 is 0 Å². The molecule has 0 bridgehead atoms. The number of rotatable bonds is 5. The molecule has 0 aliphatic heterocycles. The average molecular weight is 244 g/mol. The van der Waals surface area contributed by atoms with Gasteiger partial charge in [-0.15, -0.1) is 0 Å². The fourth-order valence-corrected chi connectivity index (χ4v) is 1.52. The molecule has 0 saturated heterocycles. The number of nitrogens with zero attached hydrogens (tertiary/aromatic N) is 1. The first-order valence-corrected chi connectivity index (χ1v) is 5.54. The van der Waals surface area contributed by atoms with Crippen molar-refractivity contribution >= 4 is 5.97 Å².